The first-order valence-electron chi connectivity index (χ1n) is 28.5. The average molecular weight is 1160 g/mol. The third kappa shape index (κ3) is 16.6. The number of H-pyrrole nitrogens is 1. The van der Waals surface area contributed by atoms with E-state index < -0.39 is 37.7 Å². The first-order chi connectivity index (χ1) is 40.9. The SMILES string of the molecule is COc1ccc(C(OC[C@H](COP(OCCC#N)N(C(C)C)C(C)C)O[C@H](CN2CCN(C(=O)CCCCCOc3cc(-c4ccccn4)ncc3-c3ccccn3)CC2)n2ccc(=O)[nH]c2=O)(c2ccccc2)c2ccc(OC)cc2)cc1. The molecule has 4 aromatic heterocycles. The Bertz CT molecular complexity index is 3230. The number of aromatic amines is 1. The van der Waals surface area contributed by atoms with Gasteiger partial charge in [0, 0.05) is 88.1 Å². The third-order valence-electron chi connectivity index (χ3n) is 14.4. The number of rotatable bonds is 31. The molecule has 0 spiro atoms. The molecule has 0 saturated carbocycles. The van der Waals surface area contributed by atoms with Gasteiger partial charge in [0.2, 0.25) is 5.91 Å². The highest BCUT2D eigenvalue weighted by Gasteiger charge is 2.40. The van der Waals surface area contributed by atoms with Crippen molar-refractivity contribution in [3.8, 4) is 46.0 Å². The maximum absolute atomic E-state index is 13.9. The van der Waals surface area contributed by atoms with Gasteiger partial charge in [-0.15, -0.1) is 0 Å². The summed E-state index contributed by atoms with van der Waals surface area (Å²) in [7, 11) is 1.50. The standard InChI is InChI=1S/C64H76N9O10P/c1-47(2)73(48(3)4)84(81-41-17-32-65)82-46-54(45-80-64(49-18-9-7-10-19-49,50-23-27-52(77-5)28-24-50)51-25-29-53(78-6)30-26-51)83-62(72-35-31-60(74)69-63(72)76)44-70-36-38-71(39-37-70)61(75)22-11-8-16-40-79-59-42-58(57-21-13-15-34-67-57)68-43-55(59)56-20-12-14-33-66-56/h7,9-10,12-15,18-21,23-31,33-35,42-43,47-48,54,62H,8,11,16-17,22,36-41,44-46H2,1-6H3,(H,69,74,76)/t54-,62-,84?/m1/s1. The second-order valence-electron chi connectivity index (χ2n) is 20.7. The number of hydrogen-bond donors (Lipinski definition) is 1. The van der Waals surface area contributed by atoms with Crippen molar-refractivity contribution in [1.29, 1.82) is 5.26 Å². The Balaban J connectivity index is 0.992. The van der Waals surface area contributed by atoms with Gasteiger partial charge in [0.05, 0.1) is 75.8 Å². The Labute approximate surface area is 493 Å². The summed E-state index contributed by atoms with van der Waals surface area (Å²) >= 11 is 0. The van der Waals surface area contributed by atoms with Crippen LogP contribution in [0.25, 0.3) is 22.6 Å². The van der Waals surface area contributed by atoms with Gasteiger partial charge in [-0.3, -0.25) is 39.0 Å². The fourth-order valence-electron chi connectivity index (χ4n) is 10.2. The molecule has 1 N–H and O–H groups in total. The maximum Gasteiger partial charge on any atom is 0.330 e. The van der Waals surface area contributed by atoms with E-state index in [9.17, 15) is 19.6 Å². The maximum atomic E-state index is 13.9. The smallest absolute Gasteiger partial charge is 0.330 e. The zero-order chi connectivity index (χ0) is 59.3. The van der Waals surface area contributed by atoms with Crippen LogP contribution in [0.4, 0.5) is 0 Å². The van der Waals surface area contributed by atoms with E-state index in [1.165, 1.54) is 16.8 Å². The van der Waals surface area contributed by atoms with Crippen molar-refractivity contribution in [1.82, 2.24) is 39.0 Å². The molecule has 1 aliphatic heterocycles. The number of methoxy groups -OCH3 is 2. The van der Waals surface area contributed by atoms with Gasteiger partial charge in [0.15, 0.2) is 6.23 Å². The fourth-order valence-corrected chi connectivity index (χ4v) is 11.8. The number of nitriles is 1. The fraction of sp³-hybridized carbons (Fsp3) is 0.391. The molecular weight excluding hydrogens is 1090 g/mol. The van der Waals surface area contributed by atoms with E-state index in [0.717, 1.165) is 46.5 Å². The summed E-state index contributed by atoms with van der Waals surface area (Å²) in [5, 5.41) is 9.51. The Morgan fingerprint density at radius 1 is 0.714 bits per heavy atom. The van der Waals surface area contributed by atoms with E-state index >= 15 is 0 Å². The molecule has 19 nitrogen and oxygen atoms in total. The van der Waals surface area contributed by atoms with Gasteiger partial charge in [-0.1, -0.05) is 66.7 Å². The monoisotopic (exact) mass is 1160 g/mol. The van der Waals surface area contributed by atoms with Crippen molar-refractivity contribution in [3.63, 3.8) is 0 Å². The van der Waals surface area contributed by atoms with Crippen LogP contribution in [0, 0.1) is 11.3 Å². The number of amides is 1. The summed E-state index contributed by atoms with van der Waals surface area (Å²) in [6.07, 6.45) is 7.61. The summed E-state index contributed by atoms with van der Waals surface area (Å²) in [6.45, 7) is 10.9. The topological polar surface area (TPSA) is 209 Å². The van der Waals surface area contributed by atoms with Crippen LogP contribution in [0.15, 0.2) is 162 Å². The summed E-state index contributed by atoms with van der Waals surface area (Å²) in [6, 6.07) is 42.2. The van der Waals surface area contributed by atoms with Crippen molar-refractivity contribution in [2.75, 3.05) is 73.4 Å². The molecule has 0 aliphatic carbocycles. The molecule has 1 amide bonds. The summed E-state index contributed by atoms with van der Waals surface area (Å²) in [5.74, 6) is 2.07. The van der Waals surface area contributed by atoms with Crippen LogP contribution >= 0.6 is 8.53 Å². The molecule has 3 aromatic carbocycles. The number of carbonyl (C=O) groups is 1. The average Bonchev–Trinajstić information content (AvgIpc) is 3.15. The number of benzene rings is 3. The molecule has 1 unspecified atom stereocenters. The predicted octanol–water partition coefficient (Wildman–Crippen LogP) is 10.0. The number of nitrogens with zero attached hydrogens (tertiary/aromatic N) is 8. The van der Waals surface area contributed by atoms with Crippen LogP contribution in [-0.2, 0) is 28.9 Å². The molecule has 1 fully saturated rings. The van der Waals surface area contributed by atoms with Crippen LogP contribution in [0.5, 0.6) is 17.2 Å². The minimum atomic E-state index is -1.74. The molecule has 8 rings (SSSR count). The lowest BCUT2D eigenvalue weighted by Gasteiger charge is -2.40. The second kappa shape index (κ2) is 31.3. The highest BCUT2D eigenvalue weighted by atomic mass is 31.2. The van der Waals surface area contributed by atoms with Gasteiger partial charge in [-0.05, 0) is 112 Å². The van der Waals surface area contributed by atoms with Crippen molar-refractivity contribution >= 4 is 14.4 Å². The van der Waals surface area contributed by atoms with Gasteiger partial charge < -0.3 is 37.6 Å². The molecule has 1 saturated heterocycles. The minimum absolute atomic E-state index is 0.0144. The molecular formula is C64H76N9O10P. The van der Waals surface area contributed by atoms with Crippen molar-refractivity contribution in [2.45, 2.75) is 89.8 Å². The van der Waals surface area contributed by atoms with E-state index in [1.54, 1.807) is 32.8 Å². The molecule has 84 heavy (non-hydrogen) atoms. The lowest BCUT2D eigenvalue weighted by molar-refractivity contribution is -0.138. The van der Waals surface area contributed by atoms with Crippen molar-refractivity contribution < 1.29 is 37.5 Å². The normalized spacial score (nSPS) is 14.1. The molecule has 7 aromatic rings. The molecule has 3 atom stereocenters. The molecule has 1 aliphatic rings. The molecule has 0 radical (unpaired) electrons. The van der Waals surface area contributed by atoms with Gasteiger partial charge in [0.1, 0.15) is 29.0 Å². The zero-order valence-corrected chi connectivity index (χ0v) is 49.6. The molecule has 442 valence electrons. The first kappa shape index (κ1) is 62.4. The Morgan fingerprint density at radius 3 is 1.94 bits per heavy atom. The largest absolute Gasteiger partial charge is 0.497 e. The summed E-state index contributed by atoms with van der Waals surface area (Å²) < 4.78 is 48.8. The van der Waals surface area contributed by atoms with Gasteiger partial charge in [-0.25, -0.2) is 9.46 Å². The van der Waals surface area contributed by atoms with Crippen molar-refractivity contribution in [3.05, 3.63) is 190 Å². The van der Waals surface area contributed by atoms with Crippen LogP contribution in [-0.4, -0.2) is 136 Å². The Hall–Kier alpha value is -7.66. The van der Waals surface area contributed by atoms with E-state index in [0.29, 0.717) is 68.6 Å². The zero-order valence-electron chi connectivity index (χ0n) is 48.8. The number of ether oxygens (including phenoxy) is 5. The molecule has 20 heteroatoms. The quantitative estimate of drug-likeness (QED) is 0.0244. The number of hydrogen-bond acceptors (Lipinski definition) is 16. The Morgan fingerprint density at radius 2 is 1.35 bits per heavy atom. The van der Waals surface area contributed by atoms with E-state index in [2.05, 4.69) is 63.3 Å². The number of carbonyl (C=O) groups excluding carboxylic acids is 1. The summed E-state index contributed by atoms with van der Waals surface area (Å²) in [4.78, 5) is 60.3. The van der Waals surface area contributed by atoms with E-state index in [4.69, 9.17) is 32.7 Å². The number of aromatic nitrogens is 5. The minimum Gasteiger partial charge on any atom is -0.497 e. The van der Waals surface area contributed by atoms with Crippen molar-refractivity contribution in [2.24, 2.45) is 0 Å². The van der Waals surface area contributed by atoms with E-state index in [1.807, 2.05) is 126 Å². The van der Waals surface area contributed by atoms with Gasteiger partial charge in [0.25, 0.3) is 14.1 Å². The van der Waals surface area contributed by atoms with Gasteiger partial charge in [-0.2, -0.15) is 5.26 Å². The highest BCUT2D eigenvalue weighted by molar-refractivity contribution is 7.44. The number of pyridine rings is 3. The predicted molar refractivity (Wildman–Crippen MR) is 322 cm³/mol. The first-order valence-corrected chi connectivity index (χ1v) is 29.7. The number of nitrogens with one attached hydrogen (secondary N) is 1. The third-order valence-corrected chi connectivity index (χ3v) is 16.4. The van der Waals surface area contributed by atoms with Crippen LogP contribution in [0.3, 0.4) is 0 Å². The second-order valence-corrected chi connectivity index (χ2v) is 22.2. The lowest BCUT2D eigenvalue weighted by Crippen LogP contribution is -2.51. The molecule has 0 bridgehead atoms. The summed E-state index contributed by atoms with van der Waals surface area (Å²) in [5.41, 5.74) is 2.97. The van der Waals surface area contributed by atoms with E-state index in [-0.39, 0.29) is 50.8 Å². The van der Waals surface area contributed by atoms with Crippen LogP contribution < -0.4 is 25.5 Å². The van der Waals surface area contributed by atoms with Crippen LogP contribution in [0.1, 0.15) is 82.7 Å². The highest BCUT2D eigenvalue weighted by Crippen LogP contribution is 2.47. The van der Waals surface area contributed by atoms with Crippen LogP contribution in [0.2, 0.25) is 0 Å². The Kier molecular flexibility index (Phi) is 23.2. The number of unbranched alkanes of at least 4 members (excludes halogenated alkanes) is 2. The number of piperazine rings is 1. The lowest BCUT2D eigenvalue weighted by atomic mass is 9.80. The molecule has 5 heterocycles. The van der Waals surface area contributed by atoms with Gasteiger partial charge >= 0.3 is 5.69 Å².